The van der Waals surface area contributed by atoms with E-state index in [0.717, 1.165) is 5.75 Å². The van der Waals surface area contributed by atoms with Crippen LogP contribution in [0.2, 0.25) is 0 Å². The number of hydrogen-bond donors (Lipinski definition) is 0. The van der Waals surface area contributed by atoms with E-state index in [0.29, 0.717) is 0 Å². The van der Waals surface area contributed by atoms with Crippen LogP contribution in [0.5, 0.6) is 5.75 Å². The van der Waals surface area contributed by atoms with Gasteiger partial charge >= 0.3 is 0 Å². The minimum atomic E-state index is -0.237. The summed E-state index contributed by atoms with van der Waals surface area (Å²) in [6, 6.07) is 10.2. The van der Waals surface area contributed by atoms with Crippen LogP contribution < -0.4 is 4.52 Å². The molecular formula is C12H19OP. The lowest BCUT2D eigenvalue weighted by molar-refractivity contribution is 0.608. The van der Waals surface area contributed by atoms with E-state index in [2.05, 4.69) is 13.8 Å². The van der Waals surface area contributed by atoms with Crippen molar-refractivity contribution < 1.29 is 4.52 Å². The standard InChI is InChI=1S/C12H19OP/c1-3-10-14(11-4-2)13-12-8-6-5-7-9-12/h5-9H,3-4,10-11H2,1-2H3. The lowest BCUT2D eigenvalue weighted by atomic mass is 10.3. The molecule has 0 amide bonds. The van der Waals surface area contributed by atoms with Gasteiger partial charge in [0.1, 0.15) is 5.75 Å². The second kappa shape index (κ2) is 6.84. The average molecular weight is 210 g/mol. The summed E-state index contributed by atoms with van der Waals surface area (Å²) in [7, 11) is -0.237. The van der Waals surface area contributed by atoms with Crippen LogP contribution in [0.4, 0.5) is 0 Å². The topological polar surface area (TPSA) is 9.23 Å². The maximum atomic E-state index is 5.96. The molecule has 0 bridgehead atoms. The minimum Gasteiger partial charge on any atom is -0.474 e. The van der Waals surface area contributed by atoms with Gasteiger partial charge in [-0.2, -0.15) is 0 Å². The zero-order valence-corrected chi connectivity index (χ0v) is 9.97. The normalized spacial score (nSPS) is 10.5. The molecule has 78 valence electrons. The molecule has 0 aliphatic rings. The Kier molecular flexibility index (Phi) is 5.63. The zero-order valence-electron chi connectivity index (χ0n) is 9.07. The molecule has 0 aromatic heterocycles. The first kappa shape index (κ1) is 11.5. The third kappa shape index (κ3) is 4.11. The van der Waals surface area contributed by atoms with Gasteiger partial charge in [0.25, 0.3) is 0 Å². The Morgan fingerprint density at radius 2 is 1.57 bits per heavy atom. The number of para-hydroxylation sites is 1. The van der Waals surface area contributed by atoms with Crippen LogP contribution in [0.25, 0.3) is 0 Å². The molecule has 0 unspecified atom stereocenters. The van der Waals surface area contributed by atoms with E-state index >= 15 is 0 Å². The summed E-state index contributed by atoms with van der Waals surface area (Å²) in [4.78, 5) is 0. The quantitative estimate of drug-likeness (QED) is 0.637. The molecule has 0 saturated heterocycles. The monoisotopic (exact) mass is 210 g/mol. The first-order chi connectivity index (χ1) is 6.86. The Morgan fingerprint density at radius 1 is 1.00 bits per heavy atom. The van der Waals surface area contributed by atoms with Gasteiger partial charge in [-0.05, 0) is 25.0 Å². The molecule has 0 atom stereocenters. The van der Waals surface area contributed by atoms with Crippen LogP contribution in [0.15, 0.2) is 30.3 Å². The van der Waals surface area contributed by atoms with Crippen molar-refractivity contribution in [1.82, 2.24) is 0 Å². The fourth-order valence-corrected chi connectivity index (χ4v) is 3.16. The van der Waals surface area contributed by atoms with E-state index in [1.54, 1.807) is 0 Å². The number of hydrogen-bond acceptors (Lipinski definition) is 1. The molecule has 1 rings (SSSR count). The van der Waals surface area contributed by atoms with Gasteiger partial charge in [0.05, 0.1) is 8.15 Å². The fourth-order valence-electron chi connectivity index (χ4n) is 1.33. The third-order valence-electron chi connectivity index (χ3n) is 1.92. The Labute approximate surface area is 88.3 Å². The average Bonchev–Trinajstić information content (AvgIpc) is 2.20. The van der Waals surface area contributed by atoms with Crippen molar-refractivity contribution in [2.75, 3.05) is 12.3 Å². The molecule has 0 aliphatic heterocycles. The van der Waals surface area contributed by atoms with Crippen LogP contribution in [-0.4, -0.2) is 12.3 Å². The van der Waals surface area contributed by atoms with Crippen molar-refractivity contribution in [2.45, 2.75) is 26.7 Å². The number of benzene rings is 1. The molecule has 1 aromatic rings. The Balaban J connectivity index is 2.46. The first-order valence-electron chi connectivity index (χ1n) is 5.34. The SMILES string of the molecule is CCCP(CCC)Oc1ccccc1. The summed E-state index contributed by atoms with van der Waals surface area (Å²) < 4.78 is 5.96. The summed E-state index contributed by atoms with van der Waals surface area (Å²) in [6.45, 7) is 4.44. The van der Waals surface area contributed by atoms with Gasteiger partial charge in [-0.25, -0.2) is 0 Å². The van der Waals surface area contributed by atoms with Crippen LogP contribution in [0.3, 0.4) is 0 Å². The van der Waals surface area contributed by atoms with Gasteiger partial charge in [0, 0.05) is 12.3 Å². The van der Waals surface area contributed by atoms with Crippen molar-refractivity contribution in [1.29, 1.82) is 0 Å². The van der Waals surface area contributed by atoms with Gasteiger partial charge in [-0.15, -0.1) is 0 Å². The van der Waals surface area contributed by atoms with Gasteiger partial charge in [0.15, 0.2) is 0 Å². The fraction of sp³-hybridized carbons (Fsp3) is 0.500. The number of rotatable bonds is 6. The Hall–Kier alpha value is -0.550. The van der Waals surface area contributed by atoms with Crippen molar-refractivity contribution in [3.8, 4) is 5.75 Å². The molecule has 2 heteroatoms. The molecule has 0 saturated carbocycles. The maximum absolute atomic E-state index is 5.96. The minimum absolute atomic E-state index is 0.237. The highest BCUT2D eigenvalue weighted by molar-refractivity contribution is 7.52. The summed E-state index contributed by atoms with van der Waals surface area (Å²) in [5.74, 6) is 1.03. The molecule has 0 heterocycles. The van der Waals surface area contributed by atoms with E-state index in [1.165, 1.54) is 25.2 Å². The lowest BCUT2D eigenvalue weighted by Crippen LogP contribution is -1.95. The van der Waals surface area contributed by atoms with Crippen LogP contribution in [0, 0.1) is 0 Å². The van der Waals surface area contributed by atoms with E-state index in [9.17, 15) is 0 Å². The third-order valence-corrected chi connectivity index (χ3v) is 4.28. The molecule has 0 spiro atoms. The highest BCUT2D eigenvalue weighted by Gasteiger charge is 2.07. The second-order valence-electron chi connectivity index (χ2n) is 3.33. The predicted octanol–water partition coefficient (Wildman–Crippen LogP) is 4.28. The largest absolute Gasteiger partial charge is 0.474 e. The van der Waals surface area contributed by atoms with E-state index in [4.69, 9.17) is 4.52 Å². The smallest absolute Gasteiger partial charge is 0.123 e. The molecule has 1 aromatic carbocycles. The molecule has 0 N–H and O–H groups in total. The van der Waals surface area contributed by atoms with Gasteiger partial charge in [-0.1, -0.05) is 32.0 Å². The molecular weight excluding hydrogens is 191 g/mol. The van der Waals surface area contributed by atoms with Crippen molar-refractivity contribution >= 4 is 8.15 Å². The van der Waals surface area contributed by atoms with Crippen molar-refractivity contribution in [3.63, 3.8) is 0 Å². The van der Waals surface area contributed by atoms with Gasteiger partial charge < -0.3 is 4.52 Å². The van der Waals surface area contributed by atoms with Gasteiger partial charge in [-0.3, -0.25) is 0 Å². The van der Waals surface area contributed by atoms with E-state index in [1.807, 2.05) is 30.3 Å². The molecule has 0 radical (unpaired) electrons. The van der Waals surface area contributed by atoms with Crippen molar-refractivity contribution in [3.05, 3.63) is 30.3 Å². The highest BCUT2D eigenvalue weighted by Crippen LogP contribution is 2.39. The Morgan fingerprint density at radius 3 is 2.07 bits per heavy atom. The van der Waals surface area contributed by atoms with Crippen LogP contribution in [0.1, 0.15) is 26.7 Å². The predicted molar refractivity (Wildman–Crippen MR) is 64.3 cm³/mol. The van der Waals surface area contributed by atoms with Crippen molar-refractivity contribution in [2.24, 2.45) is 0 Å². The zero-order chi connectivity index (χ0) is 10.2. The van der Waals surface area contributed by atoms with E-state index in [-0.39, 0.29) is 8.15 Å². The molecule has 0 fully saturated rings. The summed E-state index contributed by atoms with van der Waals surface area (Å²) >= 11 is 0. The lowest BCUT2D eigenvalue weighted by Gasteiger charge is -2.17. The van der Waals surface area contributed by atoms with Crippen LogP contribution in [-0.2, 0) is 0 Å². The summed E-state index contributed by atoms with van der Waals surface area (Å²) in [5, 5.41) is 0. The Bertz CT molecular complexity index is 229. The van der Waals surface area contributed by atoms with E-state index < -0.39 is 0 Å². The molecule has 14 heavy (non-hydrogen) atoms. The van der Waals surface area contributed by atoms with Crippen LogP contribution >= 0.6 is 8.15 Å². The first-order valence-corrected chi connectivity index (χ1v) is 6.97. The molecule has 1 nitrogen and oxygen atoms in total. The highest BCUT2D eigenvalue weighted by atomic mass is 31.1. The molecule has 0 aliphatic carbocycles. The summed E-state index contributed by atoms with van der Waals surface area (Å²) in [5.41, 5.74) is 0. The van der Waals surface area contributed by atoms with Gasteiger partial charge in [0.2, 0.25) is 0 Å². The maximum Gasteiger partial charge on any atom is 0.123 e. The summed E-state index contributed by atoms with van der Waals surface area (Å²) in [6.07, 6.45) is 4.88. The second-order valence-corrected chi connectivity index (χ2v) is 5.37.